The molecule has 1 saturated heterocycles. The van der Waals surface area contributed by atoms with Gasteiger partial charge in [0.15, 0.2) is 0 Å². The van der Waals surface area contributed by atoms with Gasteiger partial charge in [0.2, 0.25) is 15.9 Å². The maximum absolute atomic E-state index is 13.4. The van der Waals surface area contributed by atoms with Crippen molar-refractivity contribution in [1.82, 2.24) is 4.31 Å². The average molecular weight is 443 g/mol. The van der Waals surface area contributed by atoms with Crippen molar-refractivity contribution in [3.63, 3.8) is 0 Å². The summed E-state index contributed by atoms with van der Waals surface area (Å²) in [5.41, 5.74) is 2.42. The van der Waals surface area contributed by atoms with Crippen LogP contribution in [0.25, 0.3) is 0 Å². The first-order valence-electron chi connectivity index (χ1n) is 10.4. The first kappa shape index (κ1) is 21.5. The Labute approximate surface area is 182 Å². The smallest absolute Gasteiger partial charge is 0.329 e. The number of methoxy groups -OCH3 is 1. The summed E-state index contributed by atoms with van der Waals surface area (Å²) in [5, 5.41) is 0. The van der Waals surface area contributed by atoms with Gasteiger partial charge in [-0.2, -0.15) is 0 Å². The number of para-hydroxylation sites is 1. The predicted molar refractivity (Wildman–Crippen MR) is 117 cm³/mol. The Balaban J connectivity index is 1.46. The predicted octanol–water partition coefficient (Wildman–Crippen LogP) is 2.36. The quantitative estimate of drug-likeness (QED) is 0.664. The van der Waals surface area contributed by atoms with Gasteiger partial charge in [-0.1, -0.05) is 48.5 Å². The Morgan fingerprint density at radius 3 is 2.32 bits per heavy atom. The second-order valence-corrected chi connectivity index (χ2v) is 9.96. The fourth-order valence-electron chi connectivity index (χ4n) is 4.44. The molecule has 2 aromatic rings. The second kappa shape index (κ2) is 8.80. The first-order chi connectivity index (χ1) is 14.9. The van der Waals surface area contributed by atoms with E-state index in [1.54, 1.807) is 17.0 Å². The molecule has 0 radical (unpaired) electrons. The number of fused-ring (bicyclic) bond motifs is 1. The molecule has 8 heteroatoms. The molecule has 0 spiro atoms. The average Bonchev–Trinajstić information content (AvgIpc) is 3.18. The largest absolute Gasteiger partial charge is 0.467 e. The first-order valence-corrected chi connectivity index (χ1v) is 12.0. The van der Waals surface area contributed by atoms with Crippen molar-refractivity contribution in [2.24, 2.45) is 5.92 Å². The van der Waals surface area contributed by atoms with Crippen molar-refractivity contribution < 1.29 is 22.7 Å². The van der Waals surface area contributed by atoms with E-state index in [9.17, 15) is 18.0 Å². The molecule has 2 aliphatic rings. The van der Waals surface area contributed by atoms with Crippen LogP contribution in [0, 0.1) is 5.92 Å². The van der Waals surface area contributed by atoms with Crippen LogP contribution < -0.4 is 4.90 Å². The Morgan fingerprint density at radius 1 is 1.00 bits per heavy atom. The van der Waals surface area contributed by atoms with Crippen LogP contribution >= 0.6 is 0 Å². The molecule has 0 aromatic heterocycles. The molecule has 1 unspecified atom stereocenters. The lowest BCUT2D eigenvalue weighted by molar-refractivity contribution is -0.143. The van der Waals surface area contributed by atoms with Gasteiger partial charge >= 0.3 is 5.97 Å². The standard InChI is InChI=1S/C23H26N2O5S/c1-30-23(27)21-15-19-9-5-6-10-20(19)25(21)22(26)18-11-13-24(14-12-18)31(28,29)16-17-7-3-2-4-8-17/h2-10,18,21H,11-16H2,1H3. The molecule has 0 aliphatic carbocycles. The molecular weight excluding hydrogens is 416 g/mol. The van der Waals surface area contributed by atoms with Gasteiger partial charge in [-0.3, -0.25) is 9.69 Å². The van der Waals surface area contributed by atoms with Gasteiger partial charge in [-0.15, -0.1) is 0 Å². The van der Waals surface area contributed by atoms with Crippen molar-refractivity contribution in [3.8, 4) is 0 Å². The van der Waals surface area contributed by atoms with Crippen LogP contribution in [0.1, 0.15) is 24.0 Å². The minimum absolute atomic E-state index is 0.0453. The van der Waals surface area contributed by atoms with Gasteiger partial charge < -0.3 is 4.74 Å². The number of amides is 1. The van der Waals surface area contributed by atoms with Gasteiger partial charge in [0.1, 0.15) is 6.04 Å². The zero-order valence-corrected chi connectivity index (χ0v) is 18.3. The number of carbonyl (C=O) groups is 2. The molecule has 1 fully saturated rings. The van der Waals surface area contributed by atoms with Crippen LogP contribution in [-0.4, -0.2) is 50.8 Å². The van der Waals surface area contributed by atoms with Crippen LogP contribution in [0.2, 0.25) is 0 Å². The number of ether oxygens (including phenoxy) is 1. The van der Waals surface area contributed by atoms with Crippen LogP contribution in [-0.2, 0) is 36.5 Å². The summed E-state index contributed by atoms with van der Waals surface area (Å²) in [6.45, 7) is 0.591. The number of piperidine rings is 1. The highest BCUT2D eigenvalue weighted by Crippen LogP contribution is 2.35. The minimum atomic E-state index is -3.45. The minimum Gasteiger partial charge on any atom is -0.467 e. The summed E-state index contributed by atoms with van der Waals surface area (Å²) >= 11 is 0. The van der Waals surface area contributed by atoms with E-state index < -0.39 is 22.0 Å². The van der Waals surface area contributed by atoms with Crippen LogP contribution in [0.4, 0.5) is 5.69 Å². The number of hydrogen-bond donors (Lipinski definition) is 0. The number of sulfonamides is 1. The zero-order chi connectivity index (χ0) is 22.0. The fourth-order valence-corrected chi connectivity index (χ4v) is 6.00. The summed E-state index contributed by atoms with van der Waals surface area (Å²) in [6, 6.07) is 15.9. The normalized spacial score (nSPS) is 19.8. The molecule has 2 heterocycles. The third-order valence-corrected chi connectivity index (χ3v) is 7.93. The lowest BCUT2D eigenvalue weighted by Gasteiger charge is -2.34. The molecule has 0 saturated carbocycles. The van der Waals surface area contributed by atoms with E-state index in [0.29, 0.717) is 32.4 Å². The van der Waals surface area contributed by atoms with E-state index in [4.69, 9.17) is 4.74 Å². The van der Waals surface area contributed by atoms with Gasteiger partial charge in [-0.05, 0) is 30.0 Å². The van der Waals surface area contributed by atoms with Gasteiger partial charge in [0, 0.05) is 31.1 Å². The highest BCUT2D eigenvalue weighted by molar-refractivity contribution is 7.88. The van der Waals surface area contributed by atoms with Crippen LogP contribution in [0.15, 0.2) is 54.6 Å². The van der Waals surface area contributed by atoms with Crippen molar-refractivity contribution >= 4 is 27.6 Å². The highest BCUT2D eigenvalue weighted by atomic mass is 32.2. The number of benzene rings is 2. The molecule has 2 aliphatic heterocycles. The van der Waals surface area contributed by atoms with Crippen molar-refractivity contribution in [2.75, 3.05) is 25.1 Å². The topological polar surface area (TPSA) is 84.0 Å². The van der Waals surface area contributed by atoms with Crippen LogP contribution in [0.5, 0.6) is 0 Å². The number of carbonyl (C=O) groups excluding carboxylic acids is 2. The molecule has 0 bridgehead atoms. The van der Waals surface area contributed by atoms with Gasteiger partial charge in [-0.25, -0.2) is 17.5 Å². The molecule has 7 nitrogen and oxygen atoms in total. The number of rotatable bonds is 5. The van der Waals surface area contributed by atoms with Crippen molar-refractivity contribution in [2.45, 2.75) is 31.1 Å². The maximum Gasteiger partial charge on any atom is 0.329 e. The Bertz CT molecular complexity index is 1060. The van der Waals surface area contributed by atoms with E-state index in [1.165, 1.54) is 11.4 Å². The number of nitrogens with zero attached hydrogens (tertiary/aromatic N) is 2. The summed E-state index contributed by atoms with van der Waals surface area (Å²) < 4.78 is 32.0. The monoisotopic (exact) mass is 442 g/mol. The lowest BCUT2D eigenvalue weighted by Crippen LogP contribution is -2.49. The Hall–Kier alpha value is -2.71. The Kier molecular flexibility index (Phi) is 6.11. The number of esters is 1. The fraction of sp³-hybridized carbons (Fsp3) is 0.391. The Morgan fingerprint density at radius 2 is 1.65 bits per heavy atom. The van der Waals surface area contributed by atoms with Crippen molar-refractivity contribution in [3.05, 3.63) is 65.7 Å². The molecular formula is C23H26N2O5S. The molecule has 31 heavy (non-hydrogen) atoms. The van der Waals surface area contributed by atoms with Gasteiger partial charge in [0.05, 0.1) is 12.9 Å². The van der Waals surface area contributed by atoms with Crippen molar-refractivity contribution in [1.29, 1.82) is 0 Å². The highest BCUT2D eigenvalue weighted by Gasteiger charge is 2.42. The van der Waals surface area contributed by atoms with E-state index in [-0.39, 0.29) is 17.6 Å². The second-order valence-electron chi connectivity index (χ2n) is 8.00. The SMILES string of the molecule is COC(=O)C1Cc2ccccc2N1C(=O)C1CCN(S(=O)(=O)Cc2ccccc2)CC1. The van der Waals surface area contributed by atoms with Crippen LogP contribution in [0.3, 0.4) is 0 Å². The van der Waals surface area contributed by atoms with E-state index in [1.807, 2.05) is 42.5 Å². The summed E-state index contributed by atoms with van der Waals surface area (Å²) in [7, 11) is -2.12. The van der Waals surface area contributed by atoms with E-state index >= 15 is 0 Å². The third-order valence-electron chi connectivity index (χ3n) is 6.08. The number of anilines is 1. The summed E-state index contributed by atoms with van der Waals surface area (Å²) in [5.74, 6) is -0.953. The molecule has 164 valence electrons. The summed E-state index contributed by atoms with van der Waals surface area (Å²) in [4.78, 5) is 27.3. The van der Waals surface area contributed by atoms with E-state index in [0.717, 1.165) is 16.8 Å². The lowest BCUT2D eigenvalue weighted by atomic mass is 9.96. The molecule has 4 rings (SSSR count). The van der Waals surface area contributed by atoms with Gasteiger partial charge in [0.25, 0.3) is 0 Å². The zero-order valence-electron chi connectivity index (χ0n) is 17.4. The molecule has 2 aromatic carbocycles. The molecule has 1 atom stereocenters. The molecule has 1 amide bonds. The summed E-state index contributed by atoms with van der Waals surface area (Å²) in [6.07, 6.45) is 1.29. The third kappa shape index (κ3) is 4.36. The van der Waals surface area contributed by atoms with E-state index in [2.05, 4.69) is 0 Å². The number of hydrogen-bond acceptors (Lipinski definition) is 5. The molecule has 0 N–H and O–H groups in total. The maximum atomic E-state index is 13.4.